The van der Waals surface area contributed by atoms with Gasteiger partial charge in [-0.3, -0.25) is 4.79 Å². The number of nitrogens with one attached hydrogen (secondary N) is 1. The molecule has 3 N–H and O–H groups in total. The molecule has 94 valence electrons. The average molecular weight is 236 g/mol. The second kappa shape index (κ2) is 6.08. The zero-order valence-electron chi connectivity index (χ0n) is 10.7. The van der Waals surface area contributed by atoms with Crippen molar-refractivity contribution in [1.82, 2.24) is 10.3 Å². The van der Waals surface area contributed by atoms with Crippen LogP contribution in [0.2, 0.25) is 0 Å². The maximum absolute atomic E-state index is 11.5. The van der Waals surface area contributed by atoms with Gasteiger partial charge in [-0.15, -0.1) is 0 Å². The number of hydrogen-bond donors (Lipinski definition) is 2. The number of rotatable bonds is 5. The number of hydrogen-bond acceptors (Lipinski definition) is 4. The van der Waals surface area contributed by atoms with Crippen LogP contribution in [0.1, 0.15) is 19.4 Å². The molecule has 0 saturated carbocycles. The fraction of sp³-hybridized carbons (Fsp3) is 0.500. The minimum Gasteiger partial charge on any atom is -0.396 e. The Morgan fingerprint density at radius 2 is 2.24 bits per heavy atom. The van der Waals surface area contributed by atoms with E-state index in [0.29, 0.717) is 24.6 Å². The number of aryl methyl sites for hydroxylation is 1. The third-order valence-corrected chi connectivity index (χ3v) is 2.42. The third kappa shape index (κ3) is 3.62. The van der Waals surface area contributed by atoms with Gasteiger partial charge < -0.3 is 16.0 Å². The predicted molar refractivity (Wildman–Crippen MR) is 70.0 cm³/mol. The second-order valence-corrected chi connectivity index (χ2v) is 3.89. The van der Waals surface area contributed by atoms with Crippen LogP contribution in [0.3, 0.4) is 0 Å². The van der Waals surface area contributed by atoms with E-state index in [0.717, 1.165) is 5.56 Å². The van der Waals surface area contributed by atoms with Gasteiger partial charge in [-0.1, -0.05) is 0 Å². The largest absolute Gasteiger partial charge is 0.396 e. The number of amides is 1. The van der Waals surface area contributed by atoms with E-state index in [1.807, 2.05) is 31.7 Å². The summed E-state index contributed by atoms with van der Waals surface area (Å²) in [4.78, 5) is 17.7. The average Bonchev–Trinajstić information content (AvgIpc) is 2.27. The smallest absolute Gasteiger partial charge is 0.239 e. The zero-order chi connectivity index (χ0) is 12.8. The highest BCUT2D eigenvalue weighted by molar-refractivity contribution is 5.82. The molecule has 1 aromatic heterocycles. The molecule has 0 aliphatic rings. The fourth-order valence-corrected chi connectivity index (χ4v) is 1.61. The molecular formula is C12H20N4O. The zero-order valence-corrected chi connectivity index (χ0v) is 10.7. The van der Waals surface area contributed by atoms with Gasteiger partial charge in [-0.2, -0.15) is 0 Å². The summed E-state index contributed by atoms with van der Waals surface area (Å²) in [6.45, 7) is 7.41. The Morgan fingerprint density at radius 3 is 2.76 bits per heavy atom. The van der Waals surface area contributed by atoms with Crippen molar-refractivity contribution in [3.05, 3.63) is 17.8 Å². The van der Waals surface area contributed by atoms with Crippen LogP contribution in [0.5, 0.6) is 0 Å². The molecule has 0 aromatic carbocycles. The first-order chi connectivity index (χ1) is 8.08. The number of likely N-dealkylation sites (N-methyl/N-ethyl adjacent to an activating group) is 2. The van der Waals surface area contributed by atoms with Crippen molar-refractivity contribution >= 4 is 17.4 Å². The molecule has 0 saturated heterocycles. The van der Waals surface area contributed by atoms with Gasteiger partial charge in [0.05, 0.1) is 12.2 Å². The number of nitrogen functional groups attached to an aromatic ring is 1. The summed E-state index contributed by atoms with van der Waals surface area (Å²) >= 11 is 0. The molecular weight excluding hydrogens is 216 g/mol. The lowest BCUT2D eigenvalue weighted by atomic mass is 10.2. The number of aromatic nitrogens is 1. The molecule has 0 atom stereocenters. The highest BCUT2D eigenvalue weighted by atomic mass is 16.2. The van der Waals surface area contributed by atoms with E-state index in [2.05, 4.69) is 10.3 Å². The topological polar surface area (TPSA) is 71.2 Å². The predicted octanol–water partition coefficient (Wildman–Crippen LogP) is 0.935. The molecule has 1 rings (SSSR count). The molecule has 17 heavy (non-hydrogen) atoms. The summed E-state index contributed by atoms with van der Waals surface area (Å²) in [6, 6.07) is 1.86. The van der Waals surface area contributed by atoms with Crippen molar-refractivity contribution < 1.29 is 4.79 Å². The third-order valence-electron chi connectivity index (χ3n) is 2.42. The van der Waals surface area contributed by atoms with Crippen LogP contribution in [-0.2, 0) is 4.79 Å². The van der Waals surface area contributed by atoms with Crippen molar-refractivity contribution in [2.24, 2.45) is 0 Å². The molecule has 0 aliphatic carbocycles. The first-order valence-electron chi connectivity index (χ1n) is 5.82. The van der Waals surface area contributed by atoms with E-state index < -0.39 is 0 Å². The van der Waals surface area contributed by atoms with Gasteiger partial charge in [-0.25, -0.2) is 4.98 Å². The molecule has 0 unspecified atom stereocenters. The van der Waals surface area contributed by atoms with Crippen LogP contribution in [0, 0.1) is 6.92 Å². The number of carbonyl (C=O) groups is 1. The van der Waals surface area contributed by atoms with Crippen molar-refractivity contribution in [1.29, 1.82) is 0 Å². The summed E-state index contributed by atoms with van der Waals surface area (Å²) in [5.41, 5.74) is 7.53. The summed E-state index contributed by atoms with van der Waals surface area (Å²) in [6.07, 6.45) is 1.76. The minimum absolute atomic E-state index is 0.0175. The first kappa shape index (κ1) is 13.3. The Labute approximate surface area is 102 Å². The second-order valence-electron chi connectivity index (χ2n) is 3.89. The Bertz CT molecular complexity index is 392. The monoisotopic (exact) mass is 236 g/mol. The Kier molecular flexibility index (Phi) is 4.75. The van der Waals surface area contributed by atoms with Gasteiger partial charge in [0, 0.05) is 19.3 Å². The van der Waals surface area contributed by atoms with Crippen LogP contribution >= 0.6 is 0 Å². The highest BCUT2D eigenvalue weighted by Crippen LogP contribution is 2.20. The summed E-state index contributed by atoms with van der Waals surface area (Å²) in [7, 11) is 0. The van der Waals surface area contributed by atoms with E-state index >= 15 is 0 Å². The van der Waals surface area contributed by atoms with Crippen LogP contribution in [-0.4, -0.2) is 30.5 Å². The molecule has 0 aliphatic heterocycles. The van der Waals surface area contributed by atoms with Crippen LogP contribution < -0.4 is 16.0 Å². The van der Waals surface area contributed by atoms with E-state index in [-0.39, 0.29) is 12.5 Å². The van der Waals surface area contributed by atoms with Crippen molar-refractivity contribution in [2.45, 2.75) is 20.8 Å². The SMILES string of the molecule is CCNC(=O)CN(CC)c1ncc(C)cc1N. The summed E-state index contributed by atoms with van der Waals surface area (Å²) in [5, 5.41) is 2.76. The lowest BCUT2D eigenvalue weighted by Crippen LogP contribution is -2.37. The molecule has 5 heteroatoms. The van der Waals surface area contributed by atoms with Gasteiger partial charge in [-0.05, 0) is 32.4 Å². The maximum Gasteiger partial charge on any atom is 0.239 e. The van der Waals surface area contributed by atoms with Crippen LogP contribution in [0.15, 0.2) is 12.3 Å². The van der Waals surface area contributed by atoms with Gasteiger partial charge in [0.25, 0.3) is 0 Å². The van der Waals surface area contributed by atoms with Gasteiger partial charge >= 0.3 is 0 Å². The van der Waals surface area contributed by atoms with Gasteiger partial charge in [0.1, 0.15) is 0 Å². The molecule has 1 aromatic rings. The fourth-order valence-electron chi connectivity index (χ4n) is 1.61. The van der Waals surface area contributed by atoms with E-state index in [1.165, 1.54) is 0 Å². The molecule has 0 radical (unpaired) electrons. The normalized spacial score (nSPS) is 10.1. The summed E-state index contributed by atoms with van der Waals surface area (Å²) < 4.78 is 0. The number of carbonyl (C=O) groups excluding carboxylic acids is 1. The first-order valence-corrected chi connectivity index (χ1v) is 5.82. The van der Waals surface area contributed by atoms with Crippen molar-refractivity contribution in [2.75, 3.05) is 30.3 Å². The number of anilines is 2. The van der Waals surface area contributed by atoms with E-state index in [9.17, 15) is 4.79 Å². The lowest BCUT2D eigenvalue weighted by Gasteiger charge is -2.22. The van der Waals surface area contributed by atoms with Gasteiger partial charge in [0.15, 0.2) is 5.82 Å². The standard InChI is InChI=1S/C12H20N4O/c1-4-14-11(17)8-16(5-2)12-10(13)6-9(3)7-15-12/h6-7H,4-5,8,13H2,1-3H3,(H,14,17). The minimum atomic E-state index is -0.0175. The lowest BCUT2D eigenvalue weighted by molar-refractivity contribution is -0.119. The molecule has 1 heterocycles. The van der Waals surface area contributed by atoms with Crippen molar-refractivity contribution in [3.8, 4) is 0 Å². The highest BCUT2D eigenvalue weighted by Gasteiger charge is 2.13. The maximum atomic E-state index is 11.5. The van der Waals surface area contributed by atoms with Crippen LogP contribution in [0.4, 0.5) is 11.5 Å². The van der Waals surface area contributed by atoms with E-state index in [1.54, 1.807) is 6.20 Å². The molecule has 0 spiro atoms. The Balaban J connectivity index is 2.82. The molecule has 0 fully saturated rings. The molecule has 0 bridgehead atoms. The number of nitrogens with two attached hydrogens (primary N) is 1. The molecule has 1 amide bonds. The number of pyridine rings is 1. The molecule has 5 nitrogen and oxygen atoms in total. The number of nitrogens with zero attached hydrogens (tertiary/aromatic N) is 2. The van der Waals surface area contributed by atoms with Crippen LogP contribution in [0.25, 0.3) is 0 Å². The van der Waals surface area contributed by atoms with Gasteiger partial charge in [0.2, 0.25) is 5.91 Å². The Hall–Kier alpha value is -1.78. The van der Waals surface area contributed by atoms with E-state index in [4.69, 9.17) is 5.73 Å². The van der Waals surface area contributed by atoms with Crippen molar-refractivity contribution in [3.63, 3.8) is 0 Å². The quantitative estimate of drug-likeness (QED) is 0.798. The summed E-state index contributed by atoms with van der Waals surface area (Å²) in [5.74, 6) is 0.653. The Morgan fingerprint density at radius 1 is 1.53 bits per heavy atom.